The predicted molar refractivity (Wildman–Crippen MR) is 95.9 cm³/mol. The minimum atomic E-state index is -0.636. The Morgan fingerprint density at radius 2 is 1.56 bits per heavy atom. The lowest BCUT2D eigenvalue weighted by Crippen LogP contribution is -2.43. The van der Waals surface area contributed by atoms with Crippen molar-refractivity contribution in [2.75, 3.05) is 6.61 Å². The summed E-state index contributed by atoms with van der Waals surface area (Å²) in [6.45, 7) is 3.33. The van der Waals surface area contributed by atoms with E-state index < -0.39 is 24.4 Å². The second kappa shape index (κ2) is 8.43. The number of hydrogen-bond donors (Lipinski definition) is 2. The fraction of sp³-hybridized carbons (Fsp3) is 0.167. The van der Waals surface area contributed by atoms with Gasteiger partial charge in [0.15, 0.2) is 6.61 Å². The Balaban J connectivity index is 1.80. The summed E-state index contributed by atoms with van der Waals surface area (Å²) >= 11 is 3.27. The molecule has 0 radical (unpaired) electrons. The molecule has 0 spiro atoms. The molecule has 0 fully saturated rings. The number of rotatable bonds is 4. The van der Waals surface area contributed by atoms with Crippen molar-refractivity contribution in [2.24, 2.45) is 0 Å². The van der Waals surface area contributed by atoms with Crippen molar-refractivity contribution in [1.82, 2.24) is 10.9 Å². The Hall–Kier alpha value is -2.67. The van der Waals surface area contributed by atoms with Gasteiger partial charge in [0.1, 0.15) is 0 Å². The molecule has 25 heavy (non-hydrogen) atoms. The number of halogens is 1. The highest BCUT2D eigenvalue weighted by Gasteiger charge is 2.12. The normalized spacial score (nSPS) is 10.0. The van der Waals surface area contributed by atoms with Gasteiger partial charge < -0.3 is 4.74 Å². The number of hydrogen-bond acceptors (Lipinski definition) is 4. The monoisotopic (exact) mass is 404 g/mol. The van der Waals surface area contributed by atoms with Gasteiger partial charge in [0.05, 0.1) is 5.56 Å². The van der Waals surface area contributed by atoms with Crippen molar-refractivity contribution >= 4 is 33.7 Å². The third-order valence-electron chi connectivity index (χ3n) is 3.50. The van der Waals surface area contributed by atoms with Gasteiger partial charge in [0.25, 0.3) is 11.8 Å². The van der Waals surface area contributed by atoms with Crippen LogP contribution in [0.2, 0.25) is 0 Å². The molecule has 0 saturated carbocycles. The average Bonchev–Trinajstić information content (AvgIpc) is 2.60. The molecule has 2 aromatic rings. The highest BCUT2D eigenvalue weighted by atomic mass is 79.9. The van der Waals surface area contributed by atoms with E-state index in [1.165, 1.54) is 0 Å². The van der Waals surface area contributed by atoms with Crippen LogP contribution >= 0.6 is 15.9 Å². The molecule has 0 aromatic heterocycles. The van der Waals surface area contributed by atoms with Crippen LogP contribution in [0.25, 0.3) is 0 Å². The van der Waals surface area contributed by atoms with Gasteiger partial charge >= 0.3 is 5.97 Å². The average molecular weight is 405 g/mol. The Labute approximate surface area is 153 Å². The van der Waals surface area contributed by atoms with Crippen molar-refractivity contribution in [3.63, 3.8) is 0 Å². The lowest BCUT2D eigenvalue weighted by molar-refractivity contribution is -0.125. The number of amides is 2. The smallest absolute Gasteiger partial charge is 0.338 e. The number of benzene rings is 2. The fourth-order valence-electron chi connectivity index (χ4n) is 1.92. The van der Waals surface area contributed by atoms with Crippen molar-refractivity contribution in [2.45, 2.75) is 13.8 Å². The van der Waals surface area contributed by atoms with E-state index in [1.807, 2.05) is 19.9 Å². The molecule has 0 bridgehead atoms. The Kier molecular flexibility index (Phi) is 6.30. The lowest BCUT2D eigenvalue weighted by atomic mass is 10.1. The third-order valence-corrected chi connectivity index (χ3v) is 4.03. The van der Waals surface area contributed by atoms with Crippen molar-refractivity contribution in [3.8, 4) is 0 Å². The molecule has 0 aliphatic rings. The first kappa shape index (κ1) is 18.7. The van der Waals surface area contributed by atoms with Gasteiger partial charge in [-0.1, -0.05) is 22.0 Å². The third kappa shape index (κ3) is 5.42. The van der Waals surface area contributed by atoms with E-state index in [4.69, 9.17) is 4.74 Å². The van der Waals surface area contributed by atoms with E-state index in [1.54, 1.807) is 36.4 Å². The molecule has 2 N–H and O–H groups in total. The van der Waals surface area contributed by atoms with E-state index in [2.05, 4.69) is 26.8 Å². The zero-order valence-corrected chi connectivity index (χ0v) is 15.3. The van der Waals surface area contributed by atoms with Crippen LogP contribution in [0, 0.1) is 13.8 Å². The summed E-state index contributed by atoms with van der Waals surface area (Å²) in [6.07, 6.45) is 0. The van der Waals surface area contributed by atoms with Crippen LogP contribution < -0.4 is 10.9 Å². The summed E-state index contributed by atoms with van der Waals surface area (Å²) in [5.41, 5.74) is 7.22. The summed E-state index contributed by atoms with van der Waals surface area (Å²) in [5, 5.41) is 0. The largest absolute Gasteiger partial charge is 0.452 e. The molecule has 0 aliphatic heterocycles. The van der Waals surface area contributed by atoms with Crippen molar-refractivity contribution in [3.05, 3.63) is 69.2 Å². The number of hydrazine groups is 1. The second-order valence-electron chi connectivity index (χ2n) is 5.38. The molecule has 6 nitrogen and oxygen atoms in total. The van der Waals surface area contributed by atoms with E-state index in [-0.39, 0.29) is 0 Å². The maximum absolute atomic E-state index is 11.9. The molecule has 130 valence electrons. The maximum atomic E-state index is 11.9. The summed E-state index contributed by atoms with van der Waals surface area (Å²) in [5.74, 6) is -1.71. The molecule has 0 heterocycles. The molecule has 2 aromatic carbocycles. The van der Waals surface area contributed by atoms with Gasteiger partial charge in [0.2, 0.25) is 0 Å². The quantitative estimate of drug-likeness (QED) is 0.605. The Bertz CT molecular complexity index is 803. The molecular weight excluding hydrogens is 388 g/mol. The molecule has 0 saturated heterocycles. The summed E-state index contributed by atoms with van der Waals surface area (Å²) in [7, 11) is 0. The predicted octanol–water partition coefficient (Wildman–Crippen LogP) is 2.68. The zero-order valence-electron chi connectivity index (χ0n) is 13.8. The van der Waals surface area contributed by atoms with E-state index in [9.17, 15) is 14.4 Å². The van der Waals surface area contributed by atoms with Crippen molar-refractivity contribution < 1.29 is 19.1 Å². The van der Waals surface area contributed by atoms with Gasteiger partial charge in [-0.3, -0.25) is 20.4 Å². The summed E-state index contributed by atoms with van der Waals surface area (Å²) in [4.78, 5) is 35.4. The molecule has 2 rings (SSSR count). The SMILES string of the molecule is Cc1ccc(C(=O)OCC(=O)NNC(=O)c2ccc(Br)cc2)cc1C. The standard InChI is InChI=1S/C18H17BrN2O4/c1-11-3-4-14(9-12(11)2)18(24)25-10-16(22)20-21-17(23)13-5-7-15(19)8-6-13/h3-9H,10H2,1-2H3,(H,20,22)(H,21,23). The lowest BCUT2D eigenvalue weighted by Gasteiger charge is -2.09. The highest BCUT2D eigenvalue weighted by Crippen LogP contribution is 2.11. The molecule has 0 aliphatic carbocycles. The number of carbonyl (C=O) groups is 3. The number of carbonyl (C=O) groups excluding carboxylic acids is 3. The number of nitrogens with one attached hydrogen (secondary N) is 2. The van der Waals surface area contributed by atoms with Gasteiger partial charge in [-0.2, -0.15) is 0 Å². The van der Waals surface area contributed by atoms with Crippen molar-refractivity contribution in [1.29, 1.82) is 0 Å². The van der Waals surface area contributed by atoms with Crippen LogP contribution in [0.5, 0.6) is 0 Å². The van der Waals surface area contributed by atoms with Crippen LogP contribution in [0.1, 0.15) is 31.8 Å². The Morgan fingerprint density at radius 3 is 2.20 bits per heavy atom. The zero-order chi connectivity index (χ0) is 18.4. The van der Waals surface area contributed by atoms with Crippen LogP contribution in [0.4, 0.5) is 0 Å². The van der Waals surface area contributed by atoms with Gasteiger partial charge in [-0.15, -0.1) is 0 Å². The molecule has 0 unspecified atom stereocenters. The van der Waals surface area contributed by atoms with Gasteiger partial charge in [-0.05, 0) is 61.4 Å². The van der Waals surface area contributed by atoms with E-state index in [0.717, 1.165) is 15.6 Å². The van der Waals surface area contributed by atoms with E-state index >= 15 is 0 Å². The topological polar surface area (TPSA) is 84.5 Å². The number of esters is 1. The minimum Gasteiger partial charge on any atom is -0.452 e. The maximum Gasteiger partial charge on any atom is 0.338 e. The minimum absolute atomic E-state index is 0.370. The molecule has 7 heteroatoms. The van der Waals surface area contributed by atoms with Gasteiger partial charge in [-0.25, -0.2) is 4.79 Å². The molecule has 2 amide bonds. The van der Waals surface area contributed by atoms with Gasteiger partial charge in [0, 0.05) is 10.0 Å². The fourth-order valence-corrected chi connectivity index (χ4v) is 2.18. The van der Waals surface area contributed by atoms with Crippen LogP contribution in [0.3, 0.4) is 0 Å². The number of aryl methyl sites for hydroxylation is 2. The van der Waals surface area contributed by atoms with Crippen LogP contribution in [0.15, 0.2) is 46.9 Å². The van der Waals surface area contributed by atoms with Crippen LogP contribution in [-0.4, -0.2) is 24.4 Å². The Morgan fingerprint density at radius 1 is 0.920 bits per heavy atom. The first-order valence-electron chi connectivity index (χ1n) is 7.46. The molecule has 0 atom stereocenters. The first-order valence-corrected chi connectivity index (χ1v) is 8.25. The summed E-state index contributed by atoms with van der Waals surface area (Å²) in [6, 6.07) is 11.8. The summed E-state index contributed by atoms with van der Waals surface area (Å²) < 4.78 is 5.77. The number of ether oxygens (including phenoxy) is 1. The first-order chi connectivity index (χ1) is 11.9. The van der Waals surface area contributed by atoms with E-state index in [0.29, 0.717) is 11.1 Å². The van der Waals surface area contributed by atoms with Crippen LogP contribution in [-0.2, 0) is 9.53 Å². The second-order valence-corrected chi connectivity index (χ2v) is 6.30. The molecular formula is C18H17BrN2O4. The highest BCUT2D eigenvalue weighted by molar-refractivity contribution is 9.10.